The second-order valence-electron chi connectivity index (χ2n) is 3.84. The monoisotopic (exact) mass is 257 g/mol. The number of hydrogen-bond donors (Lipinski definition) is 0. The molecular weight excluding hydrogens is 250 g/mol. The summed E-state index contributed by atoms with van der Waals surface area (Å²) in [6.07, 6.45) is 0. The summed E-state index contributed by atoms with van der Waals surface area (Å²) in [6.45, 7) is 0. The molecule has 88 valence electrons. The molecular formula is C14H8ClNO2. The molecule has 0 aliphatic rings. The molecule has 0 unspecified atom stereocenters. The van der Waals surface area contributed by atoms with Crippen molar-refractivity contribution < 1.29 is 9.21 Å². The van der Waals surface area contributed by atoms with Crippen LogP contribution in [-0.4, -0.2) is 10.2 Å². The van der Waals surface area contributed by atoms with E-state index in [1.54, 1.807) is 18.2 Å². The zero-order valence-electron chi connectivity index (χ0n) is 9.26. The van der Waals surface area contributed by atoms with E-state index in [4.69, 9.17) is 16.0 Å². The maximum atomic E-state index is 11.1. The molecule has 0 amide bonds. The van der Waals surface area contributed by atoms with Gasteiger partial charge >= 0.3 is 0 Å². The highest BCUT2D eigenvalue weighted by atomic mass is 35.5. The Morgan fingerprint density at radius 2 is 1.89 bits per heavy atom. The van der Waals surface area contributed by atoms with E-state index in [0.29, 0.717) is 22.6 Å². The topological polar surface area (TPSA) is 43.1 Å². The summed E-state index contributed by atoms with van der Waals surface area (Å²) in [5, 5.41) is -0.499. The van der Waals surface area contributed by atoms with Gasteiger partial charge in [-0.15, -0.1) is 0 Å². The van der Waals surface area contributed by atoms with E-state index in [1.165, 1.54) is 0 Å². The number of rotatable bonds is 2. The molecule has 0 saturated carbocycles. The summed E-state index contributed by atoms with van der Waals surface area (Å²) in [4.78, 5) is 15.4. The highest BCUT2D eigenvalue weighted by Gasteiger charge is 2.10. The van der Waals surface area contributed by atoms with Crippen molar-refractivity contribution in [1.82, 2.24) is 4.98 Å². The van der Waals surface area contributed by atoms with Gasteiger partial charge in [0, 0.05) is 11.1 Å². The highest BCUT2D eigenvalue weighted by Crippen LogP contribution is 2.24. The molecule has 1 heterocycles. The van der Waals surface area contributed by atoms with Crippen LogP contribution in [0.3, 0.4) is 0 Å². The molecule has 0 N–H and O–H groups in total. The molecule has 0 aliphatic heterocycles. The van der Waals surface area contributed by atoms with Crippen molar-refractivity contribution in [2.45, 2.75) is 0 Å². The molecule has 0 bridgehead atoms. The van der Waals surface area contributed by atoms with E-state index in [2.05, 4.69) is 4.98 Å². The quantitative estimate of drug-likeness (QED) is 0.655. The van der Waals surface area contributed by atoms with Gasteiger partial charge in [0.05, 0.1) is 0 Å². The number of oxazole rings is 1. The minimum atomic E-state index is -0.499. The van der Waals surface area contributed by atoms with Crippen LogP contribution < -0.4 is 0 Å². The zero-order valence-corrected chi connectivity index (χ0v) is 10.0. The summed E-state index contributed by atoms with van der Waals surface area (Å²) in [5.41, 5.74) is 2.57. The van der Waals surface area contributed by atoms with Gasteiger partial charge in [-0.05, 0) is 41.9 Å². The molecule has 3 nitrogen and oxygen atoms in total. The van der Waals surface area contributed by atoms with E-state index >= 15 is 0 Å². The van der Waals surface area contributed by atoms with Gasteiger partial charge in [-0.1, -0.05) is 18.2 Å². The molecule has 0 radical (unpaired) electrons. The minimum absolute atomic E-state index is 0.414. The van der Waals surface area contributed by atoms with E-state index in [1.807, 2.05) is 30.3 Å². The standard InChI is InChI=1S/C14H8ClNO2/c15-13(17)10-6-7-12-11(8-10)16-14(18-12)9-4-2-1-3-5-9/h1-8H. The van der Waals surface area contributed by atoms with E-state index in [0.717, 1.165) is 5.56 Å². The summed E-state index contributed by atoms with van der Waals surface area (Å²) in [5.74, 6) is 0.532. The van der Waals surface area contributed by atoms with Crippen molar-refractivity contribution in [3.63, 3.8) is 0 Å². The van der Waals surface area contributed by atoms with Crippen LogP contribution in [0.2, 0.25) is 0 Å². The molecule has 0 fully saturated rings. The van der Waals surface area contributed by atoms with Gasteiger partial charge in [-0.2, -0.15) is 0 Å². The summed E-state index contributed by atoms with van der Waals surface area (Å²) in [6, 6.07) is 14.5. The number of fused-ring (bicyclic) bond motifs is 1. The first-order valence-electron chi connectivity index (χ1n) is 5.40. The van der Waals surface area contributed by atoms with Crippen LogP contribution in [0.15, 0.2) is 52.9 Å². The molecule has 1 aromatic heterocycles. The van der Waals surface area contributed by atoms with Crippen molar-refractivity contribution >= 4 is 27.9 Å². The maximum Gasteiger partial charge on any atom is 0.252 e. The summed E-state index contributed by atoms with van der Waals surface area (Å²) >= 11 is 5.43. The first-order valence-corrected chi connectivity index (χ1v) is 5.78. The van der Waals surface area contributed by atoms with Crippen LogP contribution in [0.5, 0.6) is 0 Å². The Morgan fingerprint density at radius 3 is 2.61 bits per heavy atom. The minimum Gasteiger partial charge on any atom is -0.436 e. The number of nitrogens with zero attached hydrogens (tertiary/aromatic N) is 1. The van der Waals surface area contributed by atoms with Crippen LogP contribution in [0.1, 0.15) is 10.4 Å². The van der Waals surface area contributed by atoms with Crippen LogP contribution in [0.25, 0.3) is 22.6 Å². The maximum absolute atomic E-state index is 11.1. The van der Waals surface area contributed by atoms with Crippen molar-refractivity contribution in [3.05, 3.63) is 54.1 Å². The first kappa shape index (κ1) is 11.0. The lowest BCUT2D eigenvalue weighted by atomic mass is 10.2. The normalized spacial score (nSPS) is 10.7. The lowest BCUT2D eigenvalue weighted by Gasteiger charge is -1.91. The van der Waals surface area contributed by atoms with Gasteiger partial charge in [0.25, 0.3) is 5.24 Å². The van der Waals surface area contributed by atoms with Crippen molar-refractivity contribution in [2.75, 3.05) is 0 Å². The van der Waals surface area contributed by atoms with E-state index in [9.17, 15) is 4.79 Å². The largest absolute Gasteiger partial charge is 0.436 e. The highest BCUT2D eigenvalue weighted by molar-refractivity contribution is 6.67. The predicted octanol–water partition coefficient (Wildman–Crippen LogP) is 3.87. The lowest BCUT2D eigenvalue weighted by Crippen LogP contribution is -1.86. The second-order valence-corrected chi connectivity index (χ2v) is 4.18. The van der Waals surface area contributed by atoms with Gasteiger partial charge in [0.15, 0.2) is 5.58 Å². The van der Waals surface area contributed by atoms with Gasteiger partial charge in [-0.25, -0.2) is 4.98 Å². The number of hydrogen-bond acceptors (Lipinski definition) is 3. The molecule has 2 aromatic carbocycles. The fourth-order valence-corrected chi connectivity index (χ4v) is 1.87. The third kappa shape index (κ3) is 1.89. The van der Waals surface area contributed by atoms with Gasteiger partial charge < -0.3 is 4.42 Å². The average molecular weight is 258 g/mol. The number of benzene rings is 2. The summed E-state index contributed by atoms with van der Waals surface area (Å²) in [7, 11) is 0. The number of carbonyl (C=O) groups is 1. The molecule has 3 aromatic rings. The fourth-order valence-electron chi connectivity index (χ4n) is 1.75. The van der Waals surface area contributed by atoms with Gasteiger partial charge in [0.1, 0.15) is 5.52 Å². The van der Waals surface area contributed by atoms with Gasteiger partial charge in [0.2, 0.25) is 5.89 Å². The van der Waals surface area contributed by atoms with Crippen LogP contribution in [-0.2, 0) is 0 Å². The number of aromatic nitrogens is 1. The average Bonchev–Trinajstić information content (AvgIpc) is 2.82. The molecule has 0 spiro atoms. The van der Waals surface area contributed by atoms with Crippen molar-refractivity contribution in [3.8, 4) is 11.5 Å². The fraction of sp³-hybridized carbons (Fsp3) is 0. The molecule has 4 heteroatoms. The molecule has 0 aliphatic carbocycles. The van der Waals surface area contributed by atoms with Crippen LogP contribution in [0.4, 0.5) is 0 Å². The van der Waals surface area contributed by atoms with E-state index in [-0.39, 0.29) is 0 Å². The third-order valence-electron chi connectivity index (χ3n) is 2.64. The number of halogens is 1. The predicted molar refractivity (Wildman–Crippen MR) is 69.6 cm³/mol. The number of carbonyl (C=O) groups excluding carboxylic acids is 1. The van der Waals surface area contributed by atoms with Crippen LogP contribution >= 0.6 is 11.6 Å². The molecule has 0 saturated heterocycles. The third-order valence-corrected chi connectivity index (χ3v) is 2.85. The second kappa shape index (κ2) is 4.27. The summed E-state index contributed by atoms with van der Waals surface area (Å²) < 4.78 is 5.62. The van der Waals surface area contributed by atoms with Crippen molar-refractivity contribution in [1.29, 1.82) is 0 Å². The first-order chi connectivity index (χ1) is 8.74. The Bertz CT molecular complexity index is 719. The van der Waals surface area contributed by atoms with Gasteiger partial charge in [-0.3, -0.25) is 4.79 Å². The SMILES string of the molecule is O=C(Cl)c1ccc2oc(-c3ccccc3)nc2c1. The zero-order chi connectivity index (χ0) is 12.5. The Kier molecular flexibility index (Phi) is 2.61. The Labute approximate surface area is 108 Å². The Hall–Kier alpha value is -2.13. The Balaban J connectivity index is 2.14. The lowest BCUT2D eigenvalue weighted by molar-refractivity contribution is 0.108. The van der Waals surface area contributed by atoms with Crippen molar-refractivity contribution in [2.24, 2.45) is 0 Å². The van der Waals surface area contributed by atoms with E-state index < -0.39 is 5.24 Å². The molecule has 18 heavy (non-hydrogen) atoms. The molecule has 3 rings (SSSR count). The van der Waals surface area contributed by atoms with Crippen LogP contribution in [0, 0.1) is 0 Å². The molecule has 0 atom stereocenters. The smallest absolute Gasteiger partial charge is 0.252 e. The Morgan fingerprint density at radius 1 is 1.11 bits per heavy atom.